The number of carbonyl (C=O) groups excluding carboxylic acids is 1. The summed E-state index contributed by atoms with van der Waals surface area (Å²) in [6, 6.07) is 0. The normalized spacial score (nSPS) is 9.89. The van der Waals surface area contributed by atoms with Crippen LogP contribution in [0.3, 0.4) is 0 Å². The molecule has 0 aromatic carbocycles. The van der Waals surface area contributed by atoms with Crippen molar-refractivity contribution in [2.45, 2.75) is 19.8 Å². The van der Waals surface area contributed by atoms with Gasteiger partial charge in [0.15, 0.2) is 0 Å². The van der Waals surface area contributed by atoms with Crippen molar-refractivity contribution in [3.63, 3.8) is 0 Å². The maximum atomic E-state index is 9.71. The zero-order valence-corrected chi connectivity index (χ0v) is 5.76. The highest BCUT2D eigenvalue weighted by atomic mass is 16.1. The molecule has 9 heavy (non-hydrogen) atoms. The Bertz CT molecular complexity index is 88.9. The number of carbonyl (C=O) groups is 1. The van der Waals surface area contributed by atoms with Gasteiger partial charge in [-0.3, -0.25) is 4.79 Å². The number of hydrogen-bond acceptors (Lipinski definition) is 2. The van der Waals surface area contributed by atoms with E-state index in [4.69, 9.17) is 0 Å². The second-order valence-electron chi connectivity index (χ2n) is 1.80. The van der Waals surface area contributed by atoms with Crippen LogP contribution in [0.15, 0.2) is 12.3 Å². The van der Waals surface area contributed by atoms with E-state index in [0.717, 1.165) is 19.3 Å². The zero-order valence-electron chi connectivity index (χ0n) is 5.76. The van der Waals surface area contributed by atoms with Crippen LogP contribution in [0, 0.1) is 0 Å². The van der Waals surface area contributed by atoms with E-state index in [-0.39, 0.29) is 0 Å². The third-order valence-corrected chi connectivity index (χ3v) is 0.967. The van der Waals surface area contributed by atoms with Crippen molar-refractivity contribution in [2.24, 2.45) is 0 Å². The van der Waals surface area contributed by atoms with E-state index in [2.05, 4.69) is 12.2 Å². The summed E-state index contributed by atoms with van der Waals surface area (Å²) >= 11 is 0. The highest BCUT2D eigenvalue weighted by molar-refractivity contribution is 5.64. The van der Waals surface area contributed by atoms with Crippen LogP contribution in [0.2, 0.25) is 0 Å². The summed E-state index contributed by atoms with van der Waals surface area (Å²) in [6.45, 7) is 3.09. The third kappa shape index (κ3) is 7.21. The molecule has 0 aliphatic heterocycles. The number of allylic oxidation sites excluding steroid dienone is 1. The molecule has 0 aliphatic carbocycles. The van der Waals surface area contributed by atoms with Crippen molar-refractivity contribution in [2.75, 3.05) is 6.54 Å². The molecule has 0 aromatic heterocycles. The lowest BCUT2D eigenvalue weighted by molar-refractivity contribution is -0.104. The van der Waals surface area contributed by atoms with E-state index >= 15 is 0 Å². The highest BCUT2D eigenvalue weighted by Gasteiger charge is 1.76. The van der Waals surface area contributed by atoms with E-state index < -0.39 is 0 Å². The average Bonchev–Trinajstić information content (AvgIpc) is 1.89. The quantitative estimate of drug-likeness (QED) is 0.340. The van der Waals surface area contributed by atoms with Crippen molar-refractivity contribution in [3.05, 3.63) is 12.3 Å². The summed E-state index contributed by atoms with van der Waals surface area (Å²) in [6.07, 6.45) is 6.22. The molecule has 0 rings (SSSR count). The zero-order chi connectivity index (χ0) is 6.95. The summed E-state index contributed by atoms with van der Waals surface area (Å²) in [5.74, 6) is 0. The average molecular weight is 127 g/mol. The summed E-state index contributed by atoms with van der Waals surface area (Å²) in [7, 11) is 0. The van der Waals surface area contributed by atoms with Crippen molar-refractivity contribution in [1.29, 1.82) is 0 Å². The van der Waals surface area contributed by atoms with Gasteiger partial charge in [0.25, 0.3) is 0 Å². The van der Waals surface area contributed by atoms with Crippen molar-refractivity contribution in [1.82, 2.24) is 5.32 Å². The molecule has 0 amide bonds. The number of unbranched alkanes of at least 4 members (excludes halogenated alkanes) is 1. The molecule has 0 bridgehead atoms. The summed E-state index contributed by atoms with van der Waals surface area (Å²) in [5.41, 5.74) is 0. The fraction of sp³-hybridized carbons (Fsp3) is 0.571. The van der Waals surface area contributed by atoms with Crippen LogP contribution in [-0.2, 0) is 4.79 Å². The van der Waals surface area contributed by atoms with Gasteiger partial charge in [-0.25, -0.2) is 0 Å². The molecule has 0 aromatic rings. The standard InChI is InChI=1S/C7H13NO/c1-2-3-5-8-6-4-7-9/h4,6-8H,2-3,5H2,1H3/b6-4+. The van der Waals surface area contributed by atoms with Gasteiger partial charge in [-0.2, -0.15) is 0 Å². The van der Waals surface area contributed by atoms with Crippen molar-refractivity contribution < 1.29 is 4.79 Å². The summed E-state index contributed by atoms with van der Waals surface area (Å²) < 4.78 is 0. The van der Waals surface area contributed by atoms with E-state index in [1.165, 1.54) is 12.5 Å². The second-order valence-corrected chi connectivity index (χ2v) is 1.80. The molecule has 0 saturated carbocycles. The molecular weight excluding hydrogens is 114 g/mol. The number of rotatable bonds is 5. The Morgan fingerprint density at radius 3 is 2.89 bits per heavy atom. The monoisotopic (exact) mass is 127 g/mol. The minimum atomic E-state index is 0.763. The van der Waals surface area contributed by atoms with E-state index in [1.54, 1.807) is 6.20 Å². The Labute approximate surface area is 56.0 Å². The smallest absolute Gasteiger partial charge is 0.144 e. The Hall–Kier alpha value is -0.790. The molecule has 0 fully saturated rings. The van der Waals surface area contributed by atoms with Gasteiger partial charge in [0.2, 0.25) is 0 Å². The largest absolute Gasteiger partial charge is 0.391 e. The Morgan fingerprint density at radius 1 is 1.56 bits per heavy atom. The highest BCUT2D eigenvalue weighted by Crippen LogP contribution is 1.81. The molecule has 0 saturated heterocycles. The number of aldehydes is 1. The van der Waals surface area contributed by atoms with Crippen LogP contribution in [0.1, 0.15) is 19.8 Å². The van der Waals surface area contributed by atoms with Gasteiger partial charge < -0.3 is 5.32 Å². The molecule has 2 heteroatoms. The first kappa shape index (κ1) is 8.21. The van der Waals surface area contributed by atoms with E-state index in [1.807, 2.05) is 0 Å². The van der Waals surface area contributed by atoms with Crippen LogP contribution in [0.4, 0.5) is 0 Å². The third-order valence-electron chi connectivity index (χ3n) is 0.967. The molecule has 2 nitrogen and oxygen atoms in total. The molecule has 1 N–H and O–H groups in total. The van der Waals surface area contributed by atoms with Crippen LogP contribution >= 0.6 is 0 Å². The molecule has 0 atom stereocenters. The van der Waals surface area contributed by atoms with Crippen LogP contribution in [-0.4, -0.2) is 12.8 Å². The van der Waals surface area contributed by atoms with Crippen LogP contribution in [0.25, 0.3) is 0 Å². The van der Waals surface area contributed by atoms with Gasteiger partial charge in [-0.05, 0) is 18.7 Å². The SMILES string of the molecule is CCCCN/C=C/C=O. The Balaban J connectivity index is 2.90. The first-order chi connectivity index (χ1) is 4.41. The van der Waals surface area contributed by atoms with Crippen LogP contribution in [0.5, 0.6) is 0 Å². The van der Waals surface area contributed by atoms with Gasteiger partial charge >= 0.3 is 0 Å². The minimum absolute atomic E-state index is 0.763. The lowest BCUT2D eigenvalue weighted by Crippen LogP contribution is -2.05. The van der Waals surface area contributed by atoms with Crippen molar-refractivity contribution >= 4 is 6.29 Å². The minimum Gasteiger partial charge on any atom is -0.391 e. The van der Waals surface area contributed by atoms with E-state index in [0.29, 0.717) is 0 Å². The Kier molecular flexibility index (Phi) is 6.58. The maximum absolute atomic E-state index is 9.71. The van der Waals surface area contributed by atoms with Gasteiger partial charge in [-0.1, -0.05) is 13.3 Å². The topological polar surface area (TPSA) is 29.1 Å². The fourth-order valence-electron chi connectivity index (χ4n) is 0.469. The van der Waals surface area contributed by atoms with Gasteiger partial charge in [-0.15, -0.1) is 0 Å². The number of nitrogens with one attached hydrogen (secondary N) is 1. The second kappa shape index (κ2) is 7.21. The molecule has 0 heterocycles. The summed E-state index contributed by atoms with van der Waals surface area (Å²) in [5, 5.41) is 2.98. The van der Waals surface area contributed by atoms with Gasteiger partial charge in [0.05, 0.1) is 0 Å². The molecular formula is C7H13NO. The molecule has 0 radical (unpaired) electrons. The first-order valence-corrected chi connectivity index (χ1v) is 3.25. The fourth-order valence-corrected chi connectivity index (χ4v) is 0.469. The maximum Gasteiger partial charge on any atom is 0.144 e. The molecule has 0 spiro atoms. The molecule has 0 aliphatic rings. The first-order valence-electron chi connectivity index (χ1n) is 3.25. The lowest BCUT2D eigenvalue weighted by atomic mass is 10.3. The summed E-state index contributed by atoms with van der Waals surface area (Å²) in [4.78, 5) is 9.71. The lowest BCUT2D eigenvalue weighted by Gasteiger charge is -1.94. The number of hydrogen-bond donors (Lipinski definition) is 1. The molecule has 52 valence electrons. The predicted octanol–water partition coefficient (Wildman–Crippen LogP) is 1.09. The van der Waals surface area contributed by atoms with E-state index in [9.17, 15) is 4.79 Å². The Morgan fingerprint density at radius 2 is 2.33 bits per heavy atom. The molecule has 0 unspecified atom stereocenters. The predicted molar refractivity (Wildman–Crippen MR) is 38.1 cm³/mol. The van der Waals surface area contributed by atoms with Gasteiger partial charge in [0.1, 0.15) is 6.29 Å². The van der Waals surface area contributed by atoms with Gasteiger partial charge in [0, 0.05) is 6.54 Å². The van der Waals surface area contributed by atoms with Crippen LogP contribution < -0.4 is 5.32 Å². The van der Waals surface area contributed by atoms with Crippen molar-refractivity contribution in [3.8, 4) is 0 Å².